The van der Waals surface area contributed by atoms with Crippen LogP contribution < -0.4 is 10.6 Å². The average molecular weight is 381 g/mol. The van der Waals surface area contributed by atoms with Crippen molar-refractivity contribution < 1.29 is 4.79 Å². The van der Waals surface area contributed by atoms with E-state index in [-0.39, 0.29) is 11.8 Å². The SMILES string of the molecule is CNc1ncc(C#Cc2ccc3[nH]ccc3c2)c2cc(NC(=O)C3CC3)ncc12. The average Bonchev–Trinajstić information content (AvgIpc) is 3.50. The van der Waals surface area contributed by atoms with Gasteiger partial charge in [-0.2, -0.15) is 0 Å². The van der Waals surface area contributed by atoms with Crippen LogP contribution in [0.4, 0.5) is 11.6 Å². The zero-order chi connectivity index (χ0) is 19.8. The van der Waals surface area contributed by atoms with Gasteiger partial charge in [0, 0.05) is 58.8 Å². The van der Waals surface area contributed by atoms with E-state index < -0.39 is 0 Å². The molecule has 29 heavy (non-hydrogen) atoms. The molecule has 4 aromatic rings. The summed E-state index contributed by atoms with van der Waals surface area (Å²) in [6.45, 7) is 0. The van der Waals surface area contributed by atoms with Gasteiger partial charge in [-0.1, -0.05) is 11.8 Å². The van der Waals surface area contributed by atoms with Crippen LogP contribution in [0.1, 0.15) is 24.0 Å². The van der Waals surface area contributed by atoms with Crippen LogP contribution in [0, 0.1) is 17.8 Å². The fraction of sp³-hybridized carbons (Fsp3) is 0.174. The molecule has 5 rings (SSSR count). The van der Waals surface area contributed by atoms with Crippen molar-refractivity contribution in [1.29, 1.82) is 0 Å². The Morgan fingerprint density at radius 1 is 1.10 bits per heavy atom. The van der Waals surface area contributed by atoms with Crippen molar-refractivity contribution in [1.82, 2.24) is 15.0 Å². The molecule has 0 spiro atoms. The van der Waals surface area contributed by atoms with Crippen LogP contribution in [0.2, 0.25) is 0 Å². The zero-order valence-corrected chi connectivity index (χ0v) is 15.9. The van der Waals surface area contributed by atoms with Gasteiger partial charge in [-0.3, -0.25) is 4.79 Å². The van der Waals surface area contributed by atoms with Crippen LogP contribution in [0.5, 0.6) is 0 Å². The number of hydrogen-bond acceptors (Lipinski definition) is 4. The molecule has 0 radical (unpaired) electrons. The van der Waals surface area contributed by atoms with Crippen LogP contribution in [-0.2, 0) is 4.79 Å². The highest BCUT2D eigenvalue weighted by atomic mass is 16.2. The number of amides is 1. The first kappa shape index (κ1) is 17.3. The van der Waals surface area contributed by atoms with Crippen molar-refractivity contribution in [2.24, 2.45) is 5.92 Å². The number of benzene rings is 1. The van der Waals surface area contributed by atoms with E-state index in [1.54, 1.807) is 12.4 Å². The summed E-state index contributed by atoms with van der Waals surface area (Å²) < 4.78 is 0. The molecule has 1 amide bonds. The number of pyridine rings is 2. The van der Waals surface area contributed by atoms with E-state index in [1.165, 1.54) is 0 Å². The highest BCUT2D eigenvalue weighted by Crippen LogP contribution is 2.31. The highest BCUT2D eigenvalue weighted by molar-refractivity contribution is 5.99. The second-order valence-electron chi connectivity index (χ2n) is 7.18. The molecule has 142 valence electrons. The molecular weight excluding hydrogens is 362 g/mol. The highest BCUT2D eigenvalue weighted by Gasteiger charge is 2.29. The van der Waals surface area contributed by atoms with Gasteiger partial charge in [0.05, 0.1) is 5.56 Å². The first-order valence-corrected chi connectivity index (χ1v) is 9.58. The number of nitrogens with zero attached hydrogens (tertiary/aromatic N) is 2. The molecule has 0 aliphatic heterocycles. The van der Waals surface area contributed by atoms with Crippen molar-refractivity contribution in [2.45, 2.75) is 12.8 Å². The fourth-order valence-electron chi connectivity index (χ4n) is 3.35. The maximum absolute atomic E-state index is 12.1. The van der Waals surface area contributed by atoms with Gasteiger partial charge in [0.25, 0.3) is 0 Å². The normalized spacial score (nSPS) is 13.1. The maximum atomic E-state index is 12.1. The third-order valence-corrected chi connectivity index (χ3v) is 5.10. The van der Waals surface area contributed by atoms with Crippen LogP contribution in [-0.4, -0.2) is 27.9 Å². The number of rotatable bonds is 3. The van der Waals surface area contributed by atoms with Gasteiger partial charge < -0.3 is 15.6 Å². The van der Waals surface area contributed by atoms with Crippen LogP contribution >= 0.6 is 0 Å². The summed E-state index contributed by atoms with van der Waals surface area (Å²) in [6.07, 6.45) is 7.31. The molecular formula is C23H19N5O. The molecule has 0 unspecified atom stereocenters. The monoisotopic (exact) mass is 381 g/mol. The molecule has 3 N–H and O–H groups in total. The summed E-state index contributed by atoms with van der Waals surface area (Å²) in [7, 11) is 1.82. The van der Waals surface area contributed by atoms with Gasteiger partial charge in [-0.15, -0.1) is 0 Å². The first-order valence-electron chi connectivity index (χ1n) is 9.58. The molecule has 1 saturated carbocycles. The molecule has 0 saturated heterocycles. The summed E-state index contributed by atoms with van der Waals surface area (Å²) in [6, 6.07) is 9.97. The standard InChI is InChI=1S/C23H19N5O/c1-24-22-19-13-26-21(28-23(29)15-5-6-15)11-18(19)17(12-27-22)4-2-14-3-7-20-16(10-14)8-9-25-20/h3,7-13,15,25H,5-6H2,1H3,(H,24,27)(H,26,28,29). The van der Waals surface area contributed by atoms with Gasteiger partial charge in [0.15, 0.2) is 0 Å². The van der Waals surface area contributed by atoms with Gasteiger partial charge in [0.1, 0.15) is 11.6 Å². The number of carbonyl (C=O) groups is 1. The van der Waals surface area contributed by atoms with Gasteiger partial charge >= 0.3 is 0 Å². The predicted molar refractivity (Wildman–Crippen MR) is 115 cm³/mol. The quantitative estimate of drug-likeness (QED) is 0.470. The summed E-state index contributed by atoms with van der Waals surface area (Å²) in [4.78, 5) is 24.1. The molecule has 1 fully saturated rings. The van der Waals surface area contributed by atoms with Crippen molar-refractivity contribution in [2.75, 3.05) is 17.7 Å². The van der Waals surface area contributed by atoms with E-state index in [0.29, 0.717) is 5.82 Å². The number of aromatic amines is 1. The molecule has 6 heteroatoms. The number of hydrogen-bond donors (Lipinski definition) is 3. The number of anilines is 2. The third-order valence-electron chi connectivity index (χ3n) is 5.10. The number of aromatic nitrogens is 3. The smallest absolute Gasteiger partial charge is 0.228 e. The molecule has 3 aromatic heterocycles. The lowest BCUT2D eigenvalue weighted by atomic mass is 10.1. The molecule has 1 aromatic carbocycles. The molecule has 0 bridgehead atoms. The number of nitrogens with one attached hydrogen (secondary N) is 3. The van der Waals surface area contributed by atoms with Crippen LogP contribution in [0.25, 0.3) is 21.7 Å². The largest absolute Gasteiger partial charge is 0.373 e. The minimum atomic E-state index is 0.0344. The lowest BCUT2D eigenvalue weighted by molar-refractivity contribution is -0.117. The van der Waals surface area contributed by atoms with Crippen molar-refractivity contribution >= 4 is 39.2 Å². The first-order chi connectivity index (χ1) is 14.2. The van der Waals surface area contributed by atoms with E-state index >= 15 is 0 Å². The second-order valence-corrected chi connectivity index (χ2v) is 7.18. The predicted octanol–water partition coefficient (Wildman–Crippen LogP) is 3.90. The van der Waals surface area contributed by atoms with Crippen molar-refractivity contribution in [3.05, 3.63) is 60.0 Å². The minimum Gasteiger partial charge on any atom is -0.373 e. The summed E-state index contributed by atoms with van der Waals surface area (Å²) in [5.41, 5.74) is 2.81. The van der Waals surface area contributed by atoms with Gasteiger partial charge in [-0.25, -0.2) is 9.97 Å². The number of carbonyl (C=O) groups excluding carboxylic acids is 1. The summed E-state index contributed by atoms with van der Waals surface area (Å²) >= 11 is 0. The van der Waals surface area contributed by atoms with E-state index in [0.717, 1.165) is 51.5 Å². The summed E-state index contributed by atoms with van der Waals surface area (Å²) in [5, 5.41) is 8.89. The molecule has 1 aliphatic rings. The second kappa shape index (κ2) is 6.95. The van der Waals surface area contributed by atoms with Crippen LogP contribution in [0.3, 0.4) is 0 Å². The molecule has 1 aliphatic carbocycles. The molecule has 0 atom stereocenters. The molecule has 6 nitrogen and oxygen atoms in total. The van der Waals surface area contributed by atoms with E-state index in [4.69, 9.17) is 0 Å². The fourth-order valence-corrected chi connectivity index (χ4v) is 3.35. The minimum absolute atomic E-state index is 0.0344. The lowest BCUT2D eigenvalue weighted by Gasteiger charge is -2.09. The Bertz CT molecular complexity index is 1310. The maximum Gasteiger partial charge on any atom is 0.228 e. The Balaban J connectivity index is 1.55. The van der Waals surface area contributed by atoms with Crippen molar-refractivity contribution in [3.63, 3.8) is 0 Å². The van der Waals surface area contributed by atoms with Crippen molar-refractivity contribution in [3.8, 4) is 11.8 Å². The Kier molecular flexibility index (Phi) is 4.14. The van der Waals surface area contributed by atoms with E-state index in [2.05, 4.69) is 43.5 Å². The third kappa shape index (κ3) is 3.39. The Labute approximate surface area is 167 Å². The topological polar surface area (TPSA) is 82.7 Å². The summed E-state index contributed by atoms with van der Waals surface area (Å²) in [5.74, 6) is 7.90. The molecule has 3 heterocycles. The van der Waals surface area contributed by atoms with Gasteiger partial charge in [-0.05, 0) is 43.2 Å². The van der Waals surface area contributed by atoms with E-state index in [1.807, 2.05) is 37.5 Å². The Hall–Kier alpha value is -3.85. The Morgan fingerprint density at radius 3 is 2.83 bits per heavy atom. The number of fused-ring (bicyclic) bond motifs is 2. The lowest BCUT2D eigenvalue weighted by Crippen LogP contribution is -2.14. The van der Waals surface area contributed by atoms with Gasteiger partial charge in [0.2, 0.25) is 5.91 Å². The number of H-pyrrole nitrogens is 1. The van der Waals surface area contributed by atoms with Crippen LogP contribution in [0.15, 0.2) is 48.9 Å². The van der Waals surface area contributed by atoms with E-state index in [9.17, 15) is 4.79 Å². The Morgan fingerprint density at radius 2 is 2.00 bits per heavy atom. The zero-order valence-electron chi connectivity index (χ0n) is 15.9.